The van der Waals surface area contributed by atoms with Gasteiger partial charge in [0.05, 0.1) is 0 Å². The number of likely N-dealkylation sites (tertiary alicyclic amines) is 1. The van der Waals surface area contributed by atoms with Crippen LogP contribution in [0.25, 0.3) is 0 Å². The summed E-state index contributed by atoms with van der Waals surface area (Å²) in [6, 6.07) is 0.494. The maximum atomic E-state index is 15.2. The minimum atomic E-state index is -0.945. The van der Waals surface area contributed by atoms with E-state index in [4.69, 9.17) is 0 Å². The first kappa shape index (κ1) is 17.2. The fraction of sp³-hybridized carbons (Fsp3) is 1.00. The molecule has 0 aromatic heterocycles. The van der Waals surface area contributed by atoms with E-state index >= 15 is 4.39 Å². The molecule has 0 aromatic rings. The standard InChI is InChI=1S/C18H35FN2/c1-14(2)17(4)6-9-20-16(13-17)12-15(3)18(19)7-10-21(5)11-8-18/h14-16,20H,6-13H2,1-5H3. The molecule has 0 spiro atoms. The van der Waals surface area contributed by atoms with Crippen LogP contribution >= 0.6 is 0 Å². The number of rotatable bonds is 4. The summed E-state index contributed by atoms with van der Waals surface area (Å²) in [5.41, 5.74) is -0.522. The number of nitrogens with one attached hydrogen (secondary N) is 1. The van der Waals surface area contributed by atoms with E-state index in [1.165, 1.54) is 12.8 Å². The Hall–Kier alpha value is -0.150. The molecule has 0 bridgehead atoms. The summed E-state index contributed by atoms with van der Waals surface area (Å²) in [6.45, 7) is 12.1. The van der Waals surface area contributed by atoms with Crippen LogP contribution in [0.1, 0.15) is 59.8 Å². The molecule has 0 amide bonds. The molecule has 2 saturated heterocycles. The normalized spacial score (nSPS) is 35.9. The van der Waals surface area contributed by atoms with Crippen LogP contribution in [0, 0.1) is 17.3 Å². The second-order valence-electron chi connectivity index (χ2n) is 8.39. The van der Waals surface area contributed by atoms with Gasteiger partial charge in [0.25, 0.3) is 0 Å². The summed E-state index contributed by atoms with van der Waals surface area (Å²) < 4.78 is 15.2. The van der Waals surface area contributed by atoms with E-state index in [0.29, 0.717) is 30.2 Å². The van der Waals surface area contributed by atoms with Gasteiger partial charge < -0.3 is 10.2 Å². The number of piperidine rings is 2. The lowest BCUT2D eigenvalue weighted by Gasteiger charge is -2.45. The van der Waals surface area contributed by atoms with Crippen molar-refractivity contribution in [1.82, 2.24) is 10.2 Å². The smallest absolute Gasteiger partial charge is 0.116 e. The Kier molecular flexibility index (Phi) is 5.36. The average molecular weight is 298 g/mol. The third-order valence-electron chi connectivity index (χ3n) is 6.58. The lowest BCUT2D eigenvalue weighted by molar-refractivity contribution is 0.00685. The first-order valence-corrected chi connectivity index (χ1v) is 8.86. The van der Waals surface area contributed by atoms with Gasteiger partial charge >= 0.3 is 0 Å². The molecule has 3 heteroatoms. The van der Waals surface area contributed by atoms with Crippen molar-refractivity contribution in [1.29, 1.82) is 0 Å². The monoisotopic (exact) mass is 298 g/mol. The molecular formula is C18H35FN2. The van der Waals surface area contributed by atoms with E-state index < -0.39 is 5.67 Å². The van der Waals surface area contributed by atoms with Gasteiger partial charge in [-0.2, -0.15) is 0 Å². The lowest BCUT2D eigenvalue weighted by Crippen LogP contribution is -2.49. The third-order valence-corrected chi connectivity index (χ3v) is 6.58. The second-order valence-corrected chi connectivity index (χ2v) is 8.39. The van der Waals surface area contributed by atoms with Crippen LogP contribution in [0.15, 0.2) is 0 Å². The van der Waals surface area contributed by atoms with E-state index in [-0.39, 0.29) is 5.92 Å². The van der Waals surface area contributed by atoms with Crippen LogP contribution in [0.3, 0.4) is 0 Å². The molecule has 124 valence electrons. The van der Waals surface area contributed by atoms with Crippen molar-refractivity contribution in [2.24, 2.45) is 17.3 Å². The first-order valence-electron chi connectivity index (χ1n) is 8.86. The van der Waals surface area contributed by atoms with Crippen molar-refractivity contribution in [3.05, 3.63) is 0 Å². The molecule has 3 unspecified atom stereocenters. The van der Waals surface area contributed by atoms with Gasteiger partial charge in [0, 0.05) is 19.1 Å². The topological polar surface area (TPSA) is 15.3 Å². The molecule has 3 atom stereocenters. The largest absolute Gasteiger partial charge is 0.314 e. The zero-order chi connectivity index (χ0) is 15.7. The second kappa shape index (κ2) is 6.54. The zero-order valence-electron chi connectivity index (χ0n) is 14.7. The van der Waals surface area contributed by atoms with Gasteiger partial charge in [0.1, 0.15) is 5.67 Å². The Labute approximate surface area is 130 Å². The number of hydrogen-bond donors (Lipinski definition) is 1. The molecule has 2 fully saturated rings. The van der Waals surface area contributed by atoms with Crippen LogP contribution in [-0.4, -0.2) is 43.3 Å². The summed E-state index contributed by atoms with van der Waals surface area (Å²) in [5.74, 6) is 0.873. The minimum absolute atomic E-state index is 0.165. The van der Waals surface area contributed by atoms with Crippen molar-refractivity contribution < 1.29 is 4.39 Å². The Morgan fingerprint density at radius 3 is 2.38 bits per heavy atom. The van der Waals surface area contributed by atoms with Gasteiger partial charge in [-0.1, -0.05) is 27.7 Å². The van der Waals surface area contributed by atoms with E-state index in [1.807, 2.05) is 0 Å². The zero-order valence-corrected chi connectivity index (χ0v) is 14.7. The molecule has 0 aromatic carbocycles. The van der Waals surface area contributed by atoms with Crippen molar-refractivity contribution in [2.45, 2.75) is 71.5 Å². The highest BCUT2D eigenvalue weighted by Crippen LogP contribution is 2.42. The van der Waals surface area contributed by atoms with E-state index in [1.54, 1.807) is 0 Å². The lowest BCUT2D eigenvalue weighted by atomic mass is 9.68. The van der Waals surface area contributed by atoms with Crippen LogP contribution in [0.5, 0.6) is 0 Å². The Morgan fingerprint density at radius 2 is 1.81 bits per heavy atom. The number of alkyl halides is 1. The summed E-state index contributed by atoms with van der Waals surface area (Å²) in [6.07, 6.45) is 4.85. The molecule has 0 saturated carbocycles. The molecule has 2 aliphatic rings. The van der Waals surface area contributed by atoms with Gasteiger partial charge in [-0.15, -0.1) is 0 Å². The van der Waals surface area contributed by atoms with Crippen molar-refractivity contribution >= 4 is 0 Å². The van der Waals surface area contributed by atoms with Crippen LogP contribution in [0.4, 0.5) is 4.39 Å². The number of nitrogens with zero attached hydrogens (tertiary/aromatic N) is 1. The van der Waals surface area contributed by atoms with Crippen LogP contribution in [-0.2, 0) is 0 Å². The minimum Gasteiger partial charge on any atom is -0.314 e. The molecule has 1 N–H and O–H groups in total. The average Bonchev–Trinajstić information content (AvgIpc) is 2.42. The Morgan fingerprint density at radius 1 is 1.19 bits per heavy atom. The van der Waals surface area contributed by atoms with Crippen molar-refractivity contribution in [2.75, 3.05) is 26.7 Å². The summed E-state index contributed by atoms with van der Waals surface area (Å²) in [5, 5.41) is 3.65. The van der Waals surface area contributed by atoms with Crippen molar-refractivity contribution in [3.63, 3.8) is 0 Å². The predicted octanol–water partition coefficient (Wildman–Crippen LogP) is 3.86. The van der Waals surface area contributed by atoms with Gasteiger partial charge in [-0.05, 0) is 62.9 Å². The van der Waals surface area contributed by atoms with Gasteiger partial charge in [0.15, 0.2) is 0 Å². The van der Waals surface area contributed by atoms with E-state index in [2.05, 4.69) is 45.0 Å². The summed E-state index contributed by atoms with van der Waals surface area (Å²) >= 11 is 0. The first-order chi connectivity index (χ1) is 9.75. The number of halogens is 1. The highest BCUT2D eigenvalue weighted by atomic mass is 19.1. The molecule has 2 nitrogen and oxygen atoms in total. The molecule has 0 aliphatic carbocycles. The summed E-state index contributed by atoms with van der Waals surface area (Å²) in [7, 11) is 2.10. The molecule has 2 heterocycles. The summed E-state index contributed by atoms with van der Waals surface area (Å²) in [4.78, 5) is 2.25. The quantitative estimate of drug-likeness (QED) is 0.848. The Balaban J connectivity index is 1.91. The van der Waals surface area contributed by atoms with Gasteiger partial charge in [-0.3, -0.25) is 0 Å². The fourth-order valence-corrected chi connectivity index (χ4v) is 4.11. The number of hydrogen-bond acceptors (Lipinski definition) is 2. The van der Waals surface area contributed by atoms with E-state index in [0.717, 1.165) is 26.1 Å². The molecule has 21 heavy (non-hydrogen) atoms. The molecular weight excluding hydrogens is 263 g/mol. The van der Waals surface area contributed by atoms with Gasteiger partial charge in [0.2, 0.25) is 0 Å². The van der Waals surface area contributed by atoms with Crippen LogP contribution < -0.4 is 5.32 Å². The third kappa shape index (κ3) is 3.98. The maximum Gasteiger partial charge on any atom is 0.116 e. The van der Waals surface area contributed by atoms with Gasteiger partial charge in [-0.25, -0.2) is 4.39 Å². The predicted molar refractivity (Wildman–Crippen MR) is 88.3 cm³/mol. The SMILES string of the molecule is CC(C)C1(C)CCNC(CC(C)C2(F)CCN(C)CC2)C1. The molecule has 0 radical (unpaired) electrons. The molecule has 2 rings (SSSR count). The Bertz CT molecular complexity index is 336. The fourth-order valence-electron chi connectivity index (χ4n) is 4.11. The van der Waals surface area contributed by atoms with Crippen LogP contribution in [0.2, 0.25) is 0 Å². The maximum absolute atomic E-state index is 15.2. The van der Waals surface area contributed by atoms with Crippen molar-refractivity contribution in [3.8, 4) is 0 Å². The molecule has 2 aliphatic heterocycles. The van der Waals surface area contributed by atoms with E-state index in [9.17, 15) is 0 Å². The highest BCUT2D eigenvalue weighted by molar-refractivity contribution is 4.95. The highest BCUT2D eigenvalue weighted by Gasteiger charge is 2.41.